The second-order valence-corrected chi connectivity index (χ2v) is 5.39. The Hall–Kier alpha value is 0.270. The average molecular weight is 203 g/mol. The summed E-state index contributed by atoms with van der Waals surface area (Å²) >= 11 is 2.03. The Balaban J connectivity index is 2.10. The van der Waals surface area contributed by atoms with Crippen LogP contribution in [0, 0.1) is 5.92 Å². The number of nitrogens with two attached hydrogens (primary N) is 1. The van der Waals surface area contributed by atoms with E-state index >= 15 is 0 Å². The van der Waals surface area contributed by atoms with Crippen LogP contribution in [0.4, 0.5) is 0 Å². The molecule has 3 heteroatoms. The SMILES string of the molecule is CC(C)C(N)CSC1CCOCC1. The first-order chi connectivity index (χ1) is 6.20. The number of ether oxygens (including phenoxy) is 1. The van der Waals surface area contributed by atoms with Gasteiger partial charge in [0.25, 0.3) is 0 Å². The zero-order chi connectivity index (χ0) is 9.68. The van der Waals surface area contributed by atoms with E-state index in [2.05, 4.69) is 13.8 Å². The van der Waals surface area contributed by atoms with Gasteiger partial charge in [0, 0.05) is 30.3 Å². The van der Waals surface area contributed by atoms with Gasteiger partial charge in [-0.05, 0) is 18.8 Å². The lowest BCUT2D eigenvalue weighted by Gasteiger charge is -2.24. The van der Waals surface area contributed by atoms with Gasteiger partial charge in [0.15, 0.2) is 0 Å². The Morgan fingerprint density at radius 3 is 2.54 bits per heavy atom. The fourth-order valence-corrected chi connectivity index (χ4v) is 2.69. The van der Waals surface area contributed by atoms with Gasteiger partial charge in [-0.1, -0.05) is 13.8 Å². The predicted molar refractivity (Wildman–Crippen MR) is 59.1 cm³/mol. The molecule has 0 radical (unpaired) electrons. The van der Waals surface area contributed by atoms with Gasteiger partial charge < -0.3 is 10.5 Å². The zero-order valence-electron chi connectivity index (χ0n) is 8.66. The maximum absolute atomic E-state index is 5.98. The van der Waals surface area contributed by atoms with Crippen molar-refractivity contribution in [2.24, 2.45) is 11.7 Å². The smallest absolute Gasteiger partial charge is 0.0476 e. The molecule has 0 saturated carbocycles. The van der Waals surface area contributed by atoms with Crippen molar-refractivity contribution in [3.63, 3.8) is 0 Å². The maximum atomic E-state index is 5.98. The molecule has 1 heterocycles. The van der Waals surface area contributed by atoms with Gasteiger partial charge in [0.05, 0.1) is 0 Å². The van der Waals surface area contributed by atoms with Crippen LogP contribution in [0.5, 0.6) is 0 Å². The highest BCUT2D eigenvalue weighted by molar-refractivity contribution is 7.99. The van der Waals surface area contributed by atoms with Gasteiger partial charge in [-0.25, -0.2) is 0 Å². The van der Waals surface area contributed by atoms with Gasteiger partial charge in [0.2, 0.25) is 0 Å². The van der Waals surface area contributed by atoms with E-state index in [1.54, 1.807) is 0 Å². The van der Waals surface area contributed by atoms with Crippen LogP contribution in [-0.2, 0) is 4.74 Å². The van der Waals surface area contributed by atoms with Crippen LogP contribution in [0.3, 0.4) is 0 Å². The molecule has 1 rings (SSSR count). The van der Waals surface area contributed by atoms with Crippen LogP contribution in [0.2, 0.25) is 0 Å². The summed E-state index contributed by atoms with van der Waals surface area (Å²) in [7, 11) is 0. The van der Waals surface area contributed by atoms with E-state index in [0.29, 0.717) is 12.0 Å². The Morgan fingerprint density at radius 1 is 1.38 bits per heavy atom. The van der Waals surface area contributed by atoms with Gasteiger partial charge in [-0.15, -0.1) is 0 Å². The molecule has 2 nitrogen and oxygen atoms in total. The van der Waals surface area contributed by atoms with Gasteiger partial charge in [-0.3, -0.25) is 0 Å². The number of hydrogen-bond acceptors (Lipinski definition) is 3. The first-order valence-corrected chi connectivity index (χ1v) is 6.20. The van der Waals surface area contributed by atoms with Gasteiger partial charge in [-0.2, -0.15) is 11.8 Å². The third kappa shape index (κ3) is 4.34. The highest BCUT2D eigenvalue weighted by Gasteiger charge is 2.16. The quantitative estimate of drug-likeness (QED) is 0.758. The third-order valence-corrected chi connectivity index (χ3v) is 4.07. The van der Waals surface area contributed by atoms with E-state index < -0.39 is 0 Å². The Labute approximate surface area is 85.6 Å². The molecule has 13 heavy (non-hydrogen) atoms. The highest BCUT2D eigenvalue weighted by atomic mass is 32.2. The van der Waals surface area contributed by atoms with Gasteiger partial charge >= 0.3 is 0 Å². The summed E-state index contributed by atoms with van der Waals surface area (Å²) in [6.07, 6.45) is 2.41. The standard InChI is InChI=1S/C10H21NOS/c1-8(2)10(11)7-13-9-3-5-12-6-4-9/h8-10H,3-7,11H2,1-2H3. The van der Waals surface area contributed by atoms with Crippen molar-refractivity contribution in [3.05, 3.63) is 0 Å². The summed E-state index contributed by atoms with van der Waals surface area (Å²) in [6, 6.07) is 0.354. The normalized spacial score (nSPS) is 22.2. The fourth-order valence-electron chi connectivity index (χ4n) is 1.28. The third-order valence-electron chi connectivity index (χ3n) is 2.55. The molecule has 0 aliphatic carbocycles. The molecule has 0 amide bonds. The van der Waals surface area contributed by atoms with E-state index in [-0.39, 0.29) is 0 Å². The molecule has 2 N–H and O–H groups in total. The summed E-state index contributed by atoms with van der Waals surface area (Å²) in [5.74, 6) is 1.70. The van der Waals surface area contributed by atoms with Crippen LogP contribution in [0.25, 0.3) is 0 Å². The second kappa shape index (κ2) is 5.89. The molecule has 1 unspecified atom stereocenters. The zero-order valence-corrected chi connectivity index (χ0v) is 9.48. The Kier molecular flexibility index (Phi) is 5.14. The molecular formula is C10H21NOS. The number of rotatable bonds is 4. The van der Waals surface area contributed by atoms with Crippen LogP contribution < -0.4 is 5.73 Å². The summed E-state index contributed by atoms with van der Waals surface area (Å²) in [5.41, 5.74) is 5.98. The number of thioether (sulfide) groups is 1. The fraction of sp³-hybridized carbons (Fsp3) is 1.00. The molecule has 1 aliphatic heterocycles. The van der Waals surface area contributed by atoms with Crippen LogP contribution in [0.1, 0.15) is 26.7 Å². The number of hydrogen-bond donors (Lipinski definition) is 1. The van der Waals surface area contributed by atoms with Crippen LogP contribution in [0.15, 0.2) is 0 Å². The maximum Gasteiger partial charge on any atom is 0.0476 e. The molecule has 0 bridgehead atoms. The Bertz CT molecular complexity index is 135. The van der Waals surface area contributed by atoms with Crippen molar-refractivity contribution in [2.45, 2.75) is 38.0 Å². The Morgan fingerprint density at radius 2 is 2.00 bits per heavy atom. The van der Waals surface area contributed by atoms with E-state index in [0.717, 1.165) is 24.2 Å². The topological polar surface area (TPSA) is 35.2 Å². The minimum Gasteiger partial charge on any atom is -0.381 e. The molecule has 0 aromatic rings. The van der Waals surface area contributed by atoms with E-state index in [1.807, 2.05) is 11.8 Å². The molecular weight excluding hydrogens is 182 g/mol. The minimum atomic E-state index is 0.354. The minimum absolute atomic E-state index is 0.354. The summed E-state index contributed by atoms with van der Waals surface area (Å²) in [4.78, 5) is 0. The molecule has 0 aromatic carbocycles. The largest absolute Gasteiger partial charge is 0.381 e. The molecule has 78 valence electrons. The van der Waals surface area contributed by atoms with E-state index in [1.165, 1.54) is 12.8 Å². The van der Waals surface area contributed by atoms with Crippen molar-refractivity contribution in [1.82, 2.24) is 0 Å². The first kappa shape index (κ1) is 11.3. The predicted octanol–water partition coefficient (Wildman–Crippen LogP) is 1.88. The average Bonchev–Trinajstić information content (AvgIpc) is 2.15. The van der Waals surface area contributed by atoms with Crippen LogP contribution >= 0.6 is 11.8 Å². The first-order valence-electron chi connectivity index (χ1n) is 5.15. The molecule has 1 saturated heterocycles. The lowest BCUT2D eigenvalue weighted by molar-refractivity contribution is 0.1000. The van der Waals surface area contributed by atoms with Crippen molar-refractivity contribution < 1.29 is 4.74 Å². The van der Waals surface area contributed by atoms with Crippen molar-refractivity contribution in [2.75, 3.05) is 19.0 Å². The monoisotopic (exact) mass is 203 g/mol. The molecule has 1 fully saturated rings. The lowest BCUT2D eigenvalue weighted by Crippen LogP contribution is -2.30. The van der Waals surface area contributed by atoms with Crippen molar-refractivity contribution in [3.8, 4) is 0 Å². The second-order valence-electron chi connectivity index (χ2n) is 4.05. The van der Waals surface area contributed by atoms with Crippen molar-refractivity contribution in [1.29, 1.82) is 0 Å². The summed E-state index contributed by atoms with van der Waals surface area (Å²) < 4.78 is 5.31. The van der Waals surface area contributed by atoms with E-state index in [4.69, 9.17) is 10.5 Å². The van der Waals surface area contributed by atoms with Crippen molar-refractivity contribution >= 4 is 11.8 Å². The van der Waals surface area contributed by atoms with E-state index in [9.17, 15) is 0 Å². The molecule has 0 spiro atoms. The van der Waals surface area contributed by atoms with Gasteiger partial charge in [0.1, 0.15) is 0 Å². The summed E-state index contributed by atoms with van der Waals surface area (Å²) in [5, 5.41) is 0.790. The molecule has 0 aromatic heterocycles. The summed E-state index contributed by atoms with van der Waals surface area (Å²) in [6.45, 7) is 6.26. The molecule has 1 aliphatic rings. The molecule has 1 atom stereocenters. The highest BCUT2D eigenvalue weighted by Crippen LogP contribution is 2.23. The lowest BCUT2D eigenvalue weighted by atomic mass is 10.1. The van der Waals surface area contributed by atoms with Crippen LogP contribution in [-0.4, -0.2) is 30.3 Å².